The van der Waals surface area contributed by atoms with E-state index in [-0.39, 0.29) is 12.5 Å². The van der Waals surface area contributed by atoms with Gasteiger partial charge in [0.25, 0.3) is 0 Å². The van der Waals surface area contributed by atoms with Crippen molar-refractivity contribution in [3.05, 3.63) is 11.7 Å². The second-order valence-corrected chi connectivity index (χ2v) is 5.29. The van der Waals surface area contributed by atoms with Gasteiger partial charge < -0.3 is 20.3 Å². The molecule has 1 unspecified atom stereocenters. The van der Waals surface area contributed by atoms with Crippen LogP contribution in [0, 0.1) is 18.8 Å². The minimum Gasteiger partial charge on any atom is -0.481 e. The lowest BCUT2D eigenvalue weighted by atomic mass is 9.97. The maximum absolute atomic E-state index is 11.6. The Bertz CT molecular complexity index is 472. The van der Waals surface area contributed by atoms with Crippen molar-refractivity contribution < 1.29 is 19.2 Å². The van der Waals surface area contributed by atoms with E-state index in [2.05, 4.69) is 20.8 Å². The maximum atomic E-state index is 11.6. The number of aryl methyl sites for hydroxylation is 1. The molecule has 0 spiro atoms. The summed E-state index contributed by atoms with van der Waals surface area (Å²) in [6.45, 7) is 6.06. The van der Waals surface area contributed by atoms with Gasteiger partial charge in [0.1, 0.15) is 0 Å². The highest BCUT2D eigenvalue weighted by Crippen LogP contribution is 2.10. The van der Waals surface area contributed by atoms with Gasteiger partial charge in [0.15, 0.2) is 5.82 Å². The van der Waals surface area contributed by atoms with Gasteiger partial charge in [0, 0.05) is 19.5 Å². The quantitative estimate of drug-likeness (QED) is 0.658. The number of aliphatic carboxylic acids is 1. The van der Waals surface area contributed by atoms with Crippen molar-refractivity contribution in [3.63, 3.8) is 0 Å². The minimum absolute atomic E-state index is 0.110. The minimum atomic E-state index is -0.898. The highest BCUT2D eigenvalue weighted by atomic mass is 16.5. The molecule has 0 bridgehead atoms. The van der Waals surface area contributed by atoms with Gasteiger partial charge in [0.2, 0.25) is 5.89 Å². The summed E-state index contributed by atoms with van der Waals surface area (Å²) in [6, 6.07) is -0.402. The first-order valence-corrected chi connectivity index (χ1v) is 6.92. The monoisotopic (exact) mass is 298 g/mol. The number of urea groups is 1. The number of nitrogens with one attached hydrogen (secondary N) is 2. The zero-order valence-corrected chi connectivity index (χ0v) is 12.5. The zero-order chi connectivity index (χ0) is 15.8. The summed E-state index contributed by atoms with van der Waals surface area (Å²) < 4.78 is 4.91. The molecule has 8 heteroatoms. The van der Waals surface area contributed by atoms with Gasteiger partial charge in [0.05, 0.1) is 5.92 Å². The SMILES string of the molecule is Cc1noc(CCNC(=O)NCC(CC(C)C)C(=O)O)n1. The molecule has 0 aromatic carbocycles. The molecule has 1 aromatic heterocycles. The number of hydrogen-bond acceptors (Lipinski definition) is 5. The predicted octanol–water partition coefficient (Wildman–Crippen LogP) is 0.967. The Morgan fingerprint density at radius 3 is 2.57 bits per heavy atom. The largest absolute Gasteiger partial charge is 0.481 e. The molecule has 3 N–H and O–H groups in total. The Balaban J connectivity index is 2.24. The summed E-state index contributed by atoms with van der Waals surface area (Å²) in [5, 5.41) is 17.9. The van der Waals surface area contributed by atoms with Crippen molar-refractivity contribution in [2.45, 2.75) is 33.6 Å². The molecule has 1 rings (SSSR count). The molecule has 2 amide bonds. The van der Waals surface area contributed by atoms with E-state index in [4.69, 9.17) is 9.63 Å². The van der Waals surface area contributed by atoms with Gasteiger partial charge in [-0.25, -0.2) is 4.79 Å². The molecule has 0 aliphatic carbocycles. The fourth-order valence-corrected chi connectivity index (χ4v) is 1.84. The Hall–Kier alpha value is -2.12. The number of carbonyl (C=O) groups is 2. The van der Waals surface area contributed by atoms with Crippen molar-refractivity contribution >= 4 is 12.0 Å². The Labute approximate surface area is 123 Å². The Morgan fingerprint density at radius 2 is 2.05 bits per heavy atom. The van der Waals surface area contributed by atoms with Crippen LogP contribution in [0.5, 0.6) is 0 Å². The van der Waals surface area contributed by atoms with Crippen molar-refractivity contribution in [1.29, 1.82) is 0 Å². The van der Waals surface area contributed by atoms with Crippen LogP contribution in [-0.4, -0.2) is 40.3 Å². The second-order valence-electron chi connectivity index (χ2n) is 5.29. The molecule has 1 aromatic rings. The first kappa shape index (κ1) is 16.9. The highest BCUT2D eigenvalue weighted by molar-refractivity contribution is 5.75. The molecular formula is C13H22N4O4. The third-order valence-electron chi connectivity index (χ3n) is 2.81. The van der Waals surface area contributed by atoms with Crippen LogP contribution in [0.2, 0.25) is 0 Å². The van der Waals surface area contributed by atoms with Crippen LogP contribution < -0.4 is 10.6 Å². The van der Waals surface area contributed by atoms with Crippen molar-refractivity contribution in [2.75, 3.05) is 13.1 Å². The van der Waals surface area contributed by atoms with E-state index >= 15 is 0 Å². The first-order chi connectivity index (χ1) is 9.88. The number of nitrogens with zero attached hydrogens (tertiary/aromatic N) is 2. The van der Waals surface area contributed by atoms with Crippen LogP contribution in [0.3, 0.4) is 0 Å². The fourth-order valence-electron chi connectivity index (χ4n) is 1.84. The number of amides is 2. The summed E-state index contributed by atoms with van der Waals surface area (Å²) in [6.07, 6.45) is 0.958. The number of carbonyl (C=O) groups excluding carboxylic acids is 1. The summed E-state index contributed by atoms with van der Waals surface area (Å²) in [5.74, 6) is -0.208. The summed E-state index contributed by atoms with van der Waals surface area (Å²) >= 11 is 0. The molecule has 21 heavy (non-hydrogen) atoms. The van der Waals surface area contributed by atoms with Gasteiger partial charge in [-0.15, -0.1) is 0 Å². The van der Waals surface area contributed by atoms with Crippen LogP contribution in [0.15, 0.2) is 4.52 Å². The molecule has 118 valence electrons. The van der Waals surface area contributed by atoms with Gasteiger partial charge in [-0.3, -0.25) is 4.79 Å². The fraction of sp³-hybridized carbons (Fsp3) is 0.692. The van der Waals surface area contributed by atoms with E-state index in [0.29, 0.717) is 31.1 Å². The van der Waals surface area contributed by atoms with Crippen molar-refractivity contribution in [1.82, 2.24) is 20.8 Å². The lowest BCUT2D eigenvalue weighted by Crippen LogP contribution is -2.40. The van der Waals surface area contributed by atoms with Crippen molar-refractivity contribution in [3.8, 4) is 0 Å². The molecule has 8 nitrogen and oxygen atoms in total. The molecule has 0 radical (unpaired) electrons. The molecule has 1 atom stereocenters. The van der Waals surface area contributed by atoms with E-state index in [0.717, 1.165) is 0 Å². The number of hydrogen-bond donors (Lipinski definition) is 3. The third-order valence-corrected chi connectivity index (χ3v) is 2.81. The predicted molar refractivity (Wildman–Crippen MR) is 74.7 cm³/mol. The summed E-state index contributed by atoms with van der Waals surface area (Å²) in [5.41, 5.74) is 0. The van der Waals surface area contributed by atoms with Gasteiger partial charge in [-0.05, 0) is 19.3 Å². The molecule has 0 saturated carbocycles. The smallest absolute Gasteiger partial charge is 0.314 e. The van der Waals surface area contributed by atoms with Crippen molar-refractivity contribution in [2.24, 2.45) is 11.8 Å². The van der Waals surface area contributed by atoms with Crippen LogP contribution in [0.4, 0.5) is 4.79 Å². The Kier molecular flexibility index (Phi) is 6.64. The van der Waals surface area contributed by atoms with Gasteiger partial charge in [-0.1, -0.05) is 19.0 Å². The molecular weight excluding hydrogens is 276 g/mol. The highest BCUT2D eigenvalue weighted by Gasteiger charge is 2.19. The van der Waals surface area contributed by atoms with E-state index in [9.17, 15) is 9.59 Å². The first-order valence-electron chi connectivity index (χ1n) is 6.92. The standard InChI is InChI=1S/C13H22N4O4/c1-8(2)6-10(12(18)19)7-15-13(20)14-5-4-11-16-9(3)17-21-11/h8,10H,4-7H2,1-3H3,(H,18,19)(H2,14,15,20). The van der Waals surface area contributed by atoms with E-state index in [1.165, 1.54) is 0 Å². The lowest BCUT2D eigenvalue weighted by molar-refractivity contribution is -0.142. The van der Waals surface area contributed by atoms with Crippen LogP contribution in [-0.2, 0) is 11.2 Å². The summed E-state index contributed by atoms with van der Waals surface area (Å²) in [4.78, 5) is 26.6. The zero-order valence-electron chi connectivity index (χ0n) is 12.5. The number of carboxylic acids is 1. The number of carboxylic acid groups (broad SMARTS) is 1. The topological polar surface area (TPSA) is 117 Å². The average Bonchev–Trinajstić information content (AvgIpc) is 2.79. The number of rotatable bonds is 8. The van der Waals surface area contributed by atoms with E-state index in [1.807, 2.05) is 13.8 Å². The molecule has 0 aliphatic heterocycles. The molecule has 0 fully saturated rings. The van der Waals surface area contributed by atoms with Crippen LogP contribution in [0.1, 0.15) is 32.0 Å². The van der Waals surface area contributed by atoms with Crippen LogP contribution >= 0.6 is 0 Å². The van der Waals surface area contributed by atoms with E-state index < -0.39 is 17.9 Å². The summed E-state index contributed by atoms with van der Waals surface area (Å²) in [7, 11) is 0. The number of aromatic nitrogens is 2. The lowest BCUT2D eigenvalue weighted by Gasteiger charge is -2.15. The van der Waals surface area contributed by atoms with Gasteiger partial charge >= 0.3 is 12.0 Å². The van der Waals surface area contributed by atoms with E-state index in [1.54, 1.807) is 6.92 Å². The molecule has 1 heterocycles. The third kappa shape index (κ3) is 6.73. The average molecular weight is 298 g/mol. The second kappa shape index (κ2) is 8.23. The normalized spacial score (nSPS) is 12.2. The molecule has 0 saturated heterocycles. The maximum Gasteiger partial charge on any atom is 0.314 e. The molecule has 0 aliphatic rings. The van der Waals surface area contributed by atoms with Crippen LogP contribution in [0.25, 0.3) is 0 Å². The Morgan fingerprint density at radius 1 is 1.33 bits per heavy atom. The van der Waals surface area contributed by atoms with Gasteiger partial charge in [-0.2, -0.15) is 4.98 Å².